The van der Waals surface area contributed by atoms with Crippen molar-refractivity contribution in [1.29, 1.82) is 0 Å². The van der Waals surface area contributed by atoms with Gasteiger partial charge in [-0.2, -0.15) is 0 Å². The standard InChI is InChI=1S/C19H16FNO3S/c1-12(18(22)21(2)13-7-4-3-5-8-13)24-19(23)17-11-14-15(20)9-6-10-16(14)25-17/h3-12H,1-2H3/t12-/m0/s1. The zero-order valence-corrected chi connectivity index (χ0v) is 14.5. The second-order valence-corrected chi connectivity index (χ2v) is 6.63. The molecule has 0 radical (unpaired) electrons. The highest BCUT2D eigenvalue weighted by Crippen LogP contribution is 2.28. The molecule has 3 rings (SSSR count). The van der Waals surface area contributed by atoms with Gasteiger partial charge in [0.25, 0.3) is 5.91 Å². The Morgan fingerprint density at radius 1 is 1.12 bits per heavy atom. The SMILES string of the molecule is C[C@H](OC(=O)c1cc2c(F)cccc2s1)C(=O)N(C)c1ccccc1. The van der Waals surface area contributed by atoms with Crippen LogP contribution in [0, 0.1) is 5.82 Å². The van der Waals surface area contributed by atoms with Crippen LogP contribution in [0.1, 0.15) is 16.6 Å². The number of carbonyl (C=O) groups excluding carboxylic acids is 2. The predicted octanol–water partition coefficient (Wildman–Crippen LogP) is 4.25. The van der Waals surface area contributed by atoms with Gasteiger partial charge in [0.1, 0.15) is 10.7 Å². The normalized spacial score (nSPS) is 12.0. The van der Waals surface area contributed by atoms with Crippen molar-refractivity contribution in [2.75, 3.05) is 11.9 Å². The number of esters is 1. The molecule has 0 fully saturated rings. The molecule has 0 saturated carbocycles. The summed E-state index contributed by atoms with van der Waals surface area (Å²) in [6.07, 6.45) is -0.951. The van der Waals surface area contributed by atoms with Crippen molar-refractivity contribution in [2.24, 2.45) is 0 Å². The zero-order valence-electron chi connectivity index (χ0n) is 13.7. The van der Waals surface area contributed by atoms with Crippen molar-refractivity contribution >= 4 is 39.0 Å². The fourth-order valence-corrected chi connectivity index (χ4v) is 3.40. The number of carbonyl (C=O) groups is 2. The van der Waals surface area contributed by atoms with Crippen LogP contribution in [0.4, 0.5) is 10.1 Å². The number of hydrogen-bond acceptors (Lipinski definition) is 4. The van der Waals surface area contributed by atoms with Crippen molar-refractivity contribution in [3.05, 3.63) is 65.3 Å². The lowest BCUT2D eigenvalue weighted by molar-refractivity contribution is -0.126. The summed E-state index contributed by atoms with van der Waals surface area (Å²) in [6.45, 7) is 1.52. The Balaban J connectivity index is 1.73. The number of fused-ring (bicyclic) bond motifs is 1. The van der Waals surface area contributed by atoms with E-state index in [2.05, 4.69) is 0 Å². The average Bonchev–Trinajstić information content (AvgIpc) is 3.07. The van der Waals surface area contributed by atoms with Crippen LogP contribution in [0.3, 0.4) is 0 Å². The summed E-state index contributed by atoms with van der Waals surface area (Å²) < 4.78 is 19.7. The zero-order chi connectivity index (χ0) is 18.0. The molecule has 0 unspecified atom stereocenters. The highest BCUT2D eigenvalue weighted by Gasteiger charge is 2.24. The van der Waals surface area contributed by atoms with Gasteiger partial charge in [-0.05, 0) is 37.3 Å². The van der Waals surface area contributed by atoms with E-state index in [-0.39, 0.29) is 16.6 Å². The molecule has 0 aliphatic rings. The van der Waals surface area contributed by atoms with Crippen LogP contribution in [0.25, 0.3) is 10.1 Å². The highest BCUT2D eigenvalue weighted by atomic mass is 32.1. The number of amides is 1. The number of benzene rings is 2. The van der Waals surface area contributed by atoms with Crippen molar-refractivity contribution in [3.63, 3.8) is 0 Å². The predicted molar refractivity (Wildman–Crippen MR) is 96.5 cm³/mol. The quantitative estimate of drug-likeness (QED) is 0.656. The number of nitrogens with zero attached hydrogens (tertiary/aromatic N) is 1. The van der Waals surface area contributed by atoms with Crippen LogP contribution in [0.15, 0.2) is 54.6 Å². The van der Waals surface area contributed by atoms with E-state index in [1.807, 2.05) is 18.2 Å². The van der Waals surface area contributed by atoms with Gasteiger partial charge in [-0.15, -0.1) is 11.3 Å². The molecule has 128 valence electrons. The third-order valence-electron chi connectivity index (χ3n) is 3.82. The van der Waals surface area contributed by atoms with Gasteiger partial charge in [-0.3, -0.25) is 4.79 Å². The average molecular weight is 357 g/mol. The van der Waals surface area contributed by atoms with Crippen LogP contribution < -0.4 is 4.90 Å². The highest BCUT2D eigenvalue weighted by molar-refractivity contribution is 7.20. The van der Waals surface area contributed by atoms with Crippen molar-refractivity contribution in [1.82, 2.24) is 0 Å². The van der Waals surface area contributed by atoms with Crippen LogP contribution in [0.2, 0.25) is 0 Å². The molecule has 0 aliphatic carbocycles. The second-order valence-electron chi connectivity index (χ2n) is 5.54. The lowest BCUT2D eigenvalue weighted by atomic mass is 10.2. The van der Waals surface area contributed by atoms with Crippen LogP contribution >= 0.6 is 11.3 Å². The molecule has 0 spiro atoms. The first kappa shape index (κ1) is 17.1. The third-order valence-corrected chi connectivity index (χ3v) is 4.90. The van der Waals surface area contributed by atoms with Gasteiger partial charge < -0.3 is 9.64 Å². The van der Waals surface area contributed by atoms with Gasteiger partial charge in [0.2, 0.25) is 0 Å². The molecule has 0 saturated heterocycles. The molecule has 1 aromatic heterocycles. The number of likely N-dealkylation sites (N-methyl/N-ethyl adjacent to an activating group) is 1. The van der Waals surface area contributed by atoms with Gasteiger partial charge in [-0.25, -0.2) is 9.18 Å². The summed E-state index contributed by atoms with van der Waals surface area (Å²) in [5, 5.41) is 0.375. The van der Waals surface area contributed by atoms with E-state index in [4.69, 9.17) is 4.74 Å². The minimum Gasteiger partial charge on any atom is -0.448 e. The van der Waals surface area contributed by atoms with Gasteiger partial charge in [0, 0.05) is 22.8 Å². The van der Waals surface area contributed by atoms with E-state index >= 15 is 0 Å². The molecule has 0 bridgehead atoms. The number of rotatable bonds is 4. The maximum atomic E-state index is 13.7. The minimum absolute atomic E-state index is 0.266. The van der Waals surface area contributed by atoms with E-state index in [0.717, 1.165) is 11.3 Å². The summed E-state index contributed by atoms with van der Waals surface area (Å²) in [5.41, 5.74) is 0.708. The first-order valence-electron chi connectivity index (χ1n) is 7.69. The molecule has 0 N–H and O–H groups in total. The monoisotopic (exact) mass is 357 g/mol. The number of anilines is 1. The first-order chi connectivity index (χ1) is 12.0. The molecular weight excluding hydrogens is 341 g/mol. The summed E-state index contributed by atoms with van der Waals surface area (Å²) >= 11 is 1.14. The molecule has 1 heterocycles. The fourth-order valence-electron chi connectivity index (χ4n) is 2.45. The largest absolute Gasteiger partial charge is 0.448 e. The van der Waals surface area contributed by atoms with Crippen LogP contribution in [0.5, 0.6) is 0 Å². The Hall–Kier alpha value is -2.73. The molecule has 2 aromatic carbocycles. The van der Waals surface area contributed by atoms with Crippen molar-refractivity contribution < 1.29 is 18.7 Å². The van der Waals surface area contributed by atoms with Gasteiger partial charge >= 0.3 is 5.97 Å². The van der Waals surface area contributed by atoms with Crippen molar-refractivity contribution in [3.8, 4) is 0 Å². The van der Waals surface area contributed by atoms with E-state index in [1.54, 1.807) is 31.3 Å². The van der Waals surface area contributed by atoms with E-state index in [0.29, 0.717) is 15.8 Å². The summed E-state index contributed by atoms with van der Waals surface area (Å²) in [5.74, 6) is -1.37. The summed E-state index contributed by atoms with van der Waals surface area (Å²) in [7, 11) is 1.62. The van der Waals surface area contributed by atoms with Crippen LogP contribution in [-0.2, 0) is 9.53 Å². The maximum Gasteiger partial charge on any atom is 0.349 e. The molecule has 25 heavy (non-hydrogen) atoms. The Kier molecular flexibility index (Phi) is 4.81. The molecule has 3 aromatic rings. The number of thiophene rings is 1. The fraction of sp³-hybridized carbons (Fsp3) is 0.158. The summed E-state index contributed by atoms with van der Waals surface area (Å²) in [4.78, 5) is 26.4. The Morgan fingerprint density at radius 2 is 1.84 bits per heavy atom. The lowest BCUT2D eigenvalue weighted by Crippen LogP contribution is -2.37. The smallest absolute Gasteiger partial charge is 0.349 e. The molecule has 1 atom stereocenters. The lowest BCUT2D eigenvalue weighted by Gasteiger charge is -2.21. The van der Waals surface area contributed by atoms with Gasteiger partial charge in [0.15, 0.2) is 6.10 Å². The first-order valence-corrected chi connectivity index (χ1v) is 8.50. The number of para-hydroxylation sites is 1. The Bertz CT molecular complexity index is 923. The minimum atomic E-state index is -0.951. The van der Waals surface area contributed by atoms with Crippen molar-refractivity contribution in [2.45, 2.75) is 13.0 Å². The number of halogens is 1. The molecule has 0 aliphatic heterocycles. The van der Waals surface area contributed by atoms with Gasteiger partial charge in [0.05, 0.1) is 0 Å². The van der Waals surface area contributed by atoms with Crippen LogP contribution in [-0.4, -0.2) is 25.0 Å². The Morgan fingerprint density at radius 3 is 2.52 bits per heavy atom. The summed E-state index contributed by atoms with van der Waals surface area (Å²) in [6, 6.07) is 15.2. The number of ether oxygens (including phenoxy) is 1. The maximum absolute atomic E-state index is 13.7. The Labute approximate surface area is 148 Å². The third kappa shape index (κ3) is 3.53. The van der Waals surface area contributed by atoms with E-state index in [1.165, 1.54) is 24.0 Å². The topological polar surface area (TPSA) is 46.6 Å². The molecule has 1 amide bonds. The number of hydrogen-bond donors (Lipinski definition) is 0. The molecule has 6 heteroatoms. The van der Waals surface area contributed by atoms with E-state index < -0.39 is 12.1 Å². The van der Waals surface area contributed by atoms with E-state index in [9.17, 15) is 14.0 Å². The molecule has 4 nitrogen and oxygen atoms in total. The molecular formula is C19H16FNO3S. The second kappa shape index (κ2) is 7.03. The van der Waals surface area contributed by atoms with Gasteiger partial charge in [-0.1, -0.05) is 24.3 Å².